The first kappa shape index (κ1) is 18.1. The van der Waals surface area contributed by atoms with Gasteiger partial charge in [-0.15, -0.1) is 11.3 Å². The predicted molar refractivity (Wildman–Crippen MR) is 109 cm³/mol. The van der Waals surface area contributed by atoms with Gasteiger partial charge in [-0.3, -0.25) is 0 Å². The third-order valence-electron chi connectivity index (χ3n) is 4.20. The molecule has 2 aromatic carbocycles. The van der Waals surface area contributed by atoms with Crippen molar-refractivity contribution in [3.8, 4) is 16.5 Å². The van der Waals surface area contributed by atoms with E-state index in [2.05, 4.69) is 15.6 Å². The molecule has 7 heteroatoms. The van der Waals surface area contributed by atoms with Crippen LogP contribution in [-0.2, 0) is 13.1 Å². The Kier molecular flexibility index (Phi) is 5.25. The molecule has 0 saturated carbocycles. The van der Waals surface area contributed by atoms with Crippen LogP contribution in [0.5, 0.6) is 5.75 Å². The van der Waals surface area contributed by atoms with Gasteiger partial charge in [0, 0.05) is 6.54 Å². The minimum absolute atomic E-state index is 0.256. The maximum Gasteiger partial charge on any atom is 0.315 e. The lowest BCUT2D eigenvalue weighted by Crippen LogP contribution is -2.34. The fourth-order valence-electron chi connectivity index (χ4n) is 2.72. The summed E-state index contributed by atoms with van der Waals surface area (Å²) in [5.74, 6) is 2.17. The fourth-order valence-corrected chi connectivity index (χ4v) is 3.65. The predicted octanol–water partition coefficient (Wildman–Crippen LogP) is 4.56. The number of para-hydroxylation sites is 1. The molecule has 2 heterocycles. The summed E-state index contributed by atoms with van der Waals surface area (Å²) in [6.07, 6.45) is 0. The normalized spacial score (nSPS) is 10.8. The summed E-state index contributed by atoms with van der Waals surface area (Å²) in [4.78, 5) is 16.6. The molecule has 6 nitrogen and oxygen atoms in total. The molecule has 0 bridgehead atoms. The van der Waals surface area contributed by atoms with E-state index in [9.17, 15) is 4.79 Å². The van der Waals surface area contributed by atoms with Crippen molar-refractivity contribution in [3.63, 3.8) is 0 Å². The highest BCUT2D eigenvalue weighted by molar-refractivity contribution is 7.21. The Hall–Kier alpha value is -3.32. The van der Waals surface area contributed by atoms with E-state index in [1.54, 1.807) is 18.4 Å². The standard InChI is InChI=1S/C21H19N3O3S/c1-26-15-8-6-14(7-9-15)12-22-21(25)23-13-16-10-11-18(27-16)20-24-17-4-2-3-5-19(17)28-20/h2-11H,12-13H2,1H3,(H2,22,23,25). The van der Waals surface area contributed by atoms with E-state index in [4.69, 9.17) is 9.15 Å². The second-order valence-electron chi connectivity index (χ2n) is 6.14. The van der Waals surface area contributed by atoms with Gasteiger partial charge >= 0.3 is 6.03 Å². The highest BCUT2D eigenvalue weighted by atomic mass is 32.1. The summed E-state index contributed by atoms with van der Waals surface area (Å²) in [5.41, 5.74) is 1.95. The number of ether oxygens (including phenoxy) is 1. The van der Waals surface area contributed by atoms with E-state index in [1.807, 2.05) is 60.7 Å². The number of methoxy groups -OCH3 is 1. The Morgan fingerprint density at radius 3 is 2.61 bits per heavy atom. The van der Waals surface area contributed by atoms with Crippen LogP contribution in [0.1, 0.15) is 11.3 Å². The zero-order valence-corrected chi connectivity index (χ0v) is 16.1. The number of thiazole rings is 1. The van der Waals surface area contributed by atoms with Crippen LogP contribution in [0.2, 0.25) is 0 Å². The Balaban J connectivity index is 1.30. The summed E-state index contributed by atoms with van der Waals surface area (Å²) in [6, 6.07) is 19.0. The monoisotopic (exact) mass is 393 g/mol. The number of amides is 2. The van der Waals surface area contributed by atoms with Crippen molar-refractivity contribution in [2.24, 2.45) is 0 Å². The van der Waals surface area contributed by atoms with Crippen LogP contribution >= 0.6 is 11.3 Å². The van der Waals surface area contributed by atoms with Gasteiger partial charge in [0.25, 0.3) is 0 Å². The lowest BCUT2D eigenvalue weighted by Gasteiger charge is -2.07. The number of carbonyl (C=O) groups is 1. The summed E-state index contributed by atoms with van der Waals surface area (Å²) in [5, 5.41) is 6.45. The molecule has 2 aromatic heterocycles. The van der Waals surface area contributed by atoms with Crippen molar-refractivity contribution < 1.29 is 13.9 Å². The first-order chi connectivity index (χ1) is 13.7. The topological polar surface area (TPSA) is 76.4 Å². The van der Waals surface area contributed by atoms with Gasteiger partial charge < -0.3 is 19.8 Å². The zero-order valence-electron chi connectivity index (χ0n) is 15.3. The van der Waals surface area contributed by atoms with Crippen LogP contribution in [0.25, 0.3) is 21.0 Å². The quantitative estimate of drug-likeness (QED) is 0.503. The van der Waals surface area contributed by atoms with Crippen molar-refractivity contribution in [1.82, 2.24) is 15.6 Å². The number of carbonyl (C=O) groups excluding carboxylic acids is 1. The molecule has 0 radical (unpaired) electrons. The van der Waals surface area contributed by atoms with Gasteiger partial charge in [0.1, 0.15) is 11.5 Å². The minimum atomic E-state index is -0.256. The number of hydrogen-bond acceptors (Lipinski definition) is 5. The molecule has 0 spiro atoms. The molecule has 0 unspecified atom stereocenters. The molecule has 0 aliphatic heterocycles. The summed E-state index contributed by atoms with van der Waals surface area (Å²) < 4.78 is 12.1. The average Bonchev–Trinajstić information content (AvgIpc) is 3.37. The smallest absolute Gasteiger partial charge is 0.315 e. The Morgan fingerprint density at radius 1 is 1.04 bits per heavy atom. The largest absolute Gasteiger partial charge is 0.497 e. The van der Waals surface area contributed by atoms with Crippen LogP contribution in [0.15, 0.2) is 65.1 Å². The summed E-state index contributed by atoms with van der Waals surface area (Å²) >= 11 is 1.58. The molecule has 4 rings (SSSR count). The third kappa shape index (κ3) is 4.15. The number of aromatic nitrogens is 1. The number of rotatable bonds is 6. The second kappa shape index (κ2) is 8.14. The van der Waals surface area contributed by atoms with E-state index in [0.717, 1.165) is 26.5 Å². The van der Waals surface area contributed by atoms with Crippen molar-refractivity contribution in [3.05, 3.63) is 72.0 Å². The van der Waals surface area contributed by atoms with Gasteiger partial charge in [-0.1, -0.05) is 24.3 Å². The first-order valence-electron chi connectivity index (χ1n) is 8.80. The second-order valence-corrected chi connectivity index (χ2v) is 7.17. The Labute approximate surface area is 166 Å². The Bertz CT molecular complexity index is 1050. The van der Waals surface area contributed by atoms with Crippen molar-refractivity contribution in [2.75, 3.05) is 7.11 Å². The number of benzene rings is 2. The molecule has 4 aromatic rings. The summed E-state index contributed by atoms with van der Waals surface area (Å²) in [7, 11) is 1.62. The SMILES string of the molecule is COc1ccc(CNC(=O)NCc2ccc(-c3nc4ccccc4s3)o2)cc1. The van der Waals surface area contributed by atoms with Gasteiger partial charge in [-0.05, 0) is 42.0 Å². The number of urea groups is 1. The van der Waals surface area contributed by atoms with Crippen molar-refractivity contribution >= 4 is 27.6 Å². The highest BCUT2D eigenvalue weighted by Gasteiger charge is 2.11. The molecule has 2 N–H and O–H groups in total. The molecule has 0 fully saturated rings. The number of hydrogen-bond donors (Lipinski definition) is 2. The number of furan rings is 1. The molecule has 2 amide bonds. The van der Waals surface area contributed by atoms with Crippen molar-refractivity contribution in [1.29, 1.82) is 0 Å². The lowest BCUT2D eigenvalue weighted by atomic mass is 10.2. The van der Waals surface area contributed by atoms with Crippen LogP contribution in [-0.4, -0.2) is 18.1 Å². The molecular formula is C21H19N3O3S. The zero-order chi connectivity index (χ0) is 19.3. The Morgan fingerprint density at radius 2 is 1.82 bits per heavy atom. The van der Waals surface area contributed by atoms with E-state index in [1.165, 1.54) is 0 Å². The van der Waals surface area contributed by atoms with Gasteiger partial charge in [-0.2, -0.15) is 0 Å². The van der Waals surface area contributed by atoms with Crippen LogP contribution in [0, 0.1) is 0 Å². The lowest BCUT2D eigenvalue weighted by molar-refractivity contribution is 0.239. The first-order valence-corrected chi connectivity index (χ1v) is 9.62. The van der Waals surface area contributed by atoms with E-state index in [0.29, 0.717) is 24.6 Å². The van der Waals surface area contributed by atoms with Gasteiger partial charge in [-0.25, -0.2) is 9.78 Å². The molecular weight excluding hydrogens is 374 g/mol. The third-order valence-corrected chi connectivity index (χ3v) is 5.25. The minimum Gasteiger partial charge on any atom is -0.497 e. The van der Waals surface area contributed by atoms with Crippen LogP contribution in [0.4, 0.5) is 4.79 Å². The van der Waals surface area contributed by atoms with E-state index in [-0.39, 0.29) is 6.03 Å². The number of fused-ring (bicyclic) bond motifs is 1. The molecule has 0 atom stereocenters. The van der Waals surface area contributed by atoms with Gasteiger partial charge in [0.2, 0.25) is 0 Å². The van der Waals surface area contributed by atoms with Crippen molar-refractivity contribution in [2.45, 2.75) is 13.1 Å². The van der Waals surface area contributed by atoms with Crippen LogP contribution < -0.4 is 15.4 Å². The molecule has 0 aliphatic carbocycles. The molecule has 142 valence electrons. The average molecular weight is 393 g/mol. The van der Waals surface area contributed by atoms with E-state index < -0.39 is 0 Å². The number of nitrogens with zero attached hydrogens (tertiary/aromatic N) is 1. The van der Waals surface area contributed by atoms with Crippen LogP contribution in [0.3, 0.4) is 0 Å². The fraction of sp³-hybridized carbons (Fsp3) is 0.143. The molecule has 0 saturated heterocycles. The van der Waals surface area contributed by atoms with E-state index >= 15 is 0 Å². The molecule has 28 heavy (non-hydrogen) atoms. The maximum absolute atomic E-state index is 12.0. The maximum atomic E-state index is 12.0. The highest BCUT2D eigenvalue weighted by Crippen LogP contribution is 2.31. The van der Waals surface area contributed by atoms with Gasteiger partial charge in [0.15, 0.2) is 10.8 Å². The molecule has 0 aliphatic rings. The number of nitrogens with one attached hydrogen (secondary N) is 2. The summed E-state index contributed by atoms with van der Waals surface area (Å²) in [6.45, 7) is 0.740. The van der Waals surface area contributed by atoms with Gasteiger partial charge in [0.05, 0.1) is 23.9 Å².